The maximum absolute atomic E-state index is 13.5. The second kappa shape index (κ2) is 42.2. The Balaban J connectivity index is 0.000000172. The Morgan fingerprint density at radius 2 is 0.563 bits per heavy atom. The monoisotopic (exact) mass is 1920 g/mol. The second-order valence-electron chi connectivity index (χ2n) is 31.8. The zero-order valence-corrected chi connectivity index (χ0v) is 75.9. The Kier molecular flexibility index (Phi) is 31.6. The van der Waals surface area contributed by atoms with Crippen LogP contribution in [0.15, 0.2) is 284 Å². The average Bonchev–Trinajstić information content (AvgIpc) is 1.30. The number of piperazine rings is 4. The van der Waals surface area contributed by atoms with E-state index in [1.54, 1.807) is 133 Å². The van der Waals surface area contributed by atoms with Gasteiger partial charge in [-0.1, -0.05) is 157 Å². The van der Waals surface area contributed by atoms with E-state index in [0.29, 0.717) is 160 Å². The van der Waals surface area contributed by atoms with E-state index < -0.39 is 62.1 Å². The maximum atomic E-state index is 13.5. The number of hydrogen-bond acceptors (Lipinski definition) is 23. The van der Waals surface area contributed by atoms with Crippen molar-refractivity contribution in [2.45, 2.75) is 51.3 Å². The molecule has 4 fully saturated rings. The van der Waals surface area contributed by atoms with Gasteiger partial charge in [0.1, 0.15) is 17.1 Å². The predicted octanol–water partition coefficient (Wildman–Crippen LogP) is 12.0. The summed E-state index contributed by atoms with van der Waals surface area (Å²) in [5.41, 5.74) is 4.43. The van der Waals surface area contributed by atoms with Crippen molar-refractivity contribution in [3.63, 3.8) is 0 Å². The van der Waals surface area contributed by atoms with Gasteiger partial charge in [-0.3, -0.25) is 52.5 Å². The molecule has 34 nitrogen and oxygen atoms in total. The minimum absolute atomic E-state index is 0. The number of fused-ring (bicyclic) bond motifs is 4. The molecule has 0 spiro atoms. The molecule has 0 saturated carbocycles. The Labute approximate surface area is 783 Å². The molecule has 0 aliphatic carbocycles. The van der Waals surface area contributed by atoms with Crippen molar-refractivity contribution in [1.29, 1.82) is 0 Å². The topological polar surface area (TPSA) is 394 Å². The molecule has 4 amide bonds. The summed E-state index contributed by atoms with van der Waals surface area (Å²) in [7, 11) is -9.01. The quantitative estimate of drug-likeness (QED) is 0.0762. The van der Waals surface area contributed by atoms with E-state index in [0.717, 1.165) is 34.2 Å². The highest BCUT2D eigenvalue weighted by atomic mass is 32.2. The van der Waals surface area contributed by atoms with Crippen molar-refractivity contribution in [2.75, 3.05) is 151 Å². The number of benzene rings is 7. The van der Waals surface area contributed by atoms with E-state index >= 15 is 0 Å². The van der Waals surface area contributed by atoms with Crippen LogP contribution in [0.2, 0.25) is 0 Å². The molecule has 4 saturated heterocycles. The van der Waals surface area contributed by atoms with Crippen LogP contribution in [-0.2, 0) is 68.1 Å². The highest BCUT2D eigenvalue weighted by Crippen LogP contribution is 2.39. The van der Waals surface area contributed by atoms with Crippen LogP contribution in [-0.4, -0.2) is 212 Å². The van der Waals surface area contributed by atoms with Crippen LogP contribution < -0.4 is 56.0 Å². The van der Waals surface area contributed by atoms with E-state index in [1.807, 2.05) is 136 Å². The molecule has 0 radical (unpaired) electrons. The van der Waals surface area contributed by atoms with Crippen LogP contribution in [0, 0.1) is 6.92 Å². The predicted molar refractivity (Wildman–Crippen MR) is 530 cm³/mol. The first-order valence-electron chi connectivity index (χ1n) is 41.8. The summed E-state index contributed by atoms with van der Waals surface area (Å²) in [4.78, 5) is 118. The van der Waals surface area contributed by atoms with Gasteiger partial charge < -0.3 is 70.7 Å². The fourth-order valence-corrected chi connectivity index (χ4v) is 20.4. The third-order valence-corrected chi connectivity index (χ3v) is 27.7. The van der Waals surface area contributed by atoms with Crippen LogP contribution in [0.5, 0.6) is 0 Å². The normalized spacial score (nSPS) is 14.1. The third-order valence-electron chi connectivity index (χ3n) is 23.3. The number of sulfonamides is 3. The number of sulfone groups is 1. The number of carbonyl (C=O) groups is 4. The summed E-state index contributed by atoms with van der Waals surface area (Å²) in [6.07, 6.45) is 6.45. The summed E-state index contributed by atoms with van der Waals surface area (Å²) in [6, 6.07) is 62.8. The number of nitrogens with one attached hydrogen (secondary N) is 3. The largest absolute Gasteiger partial charge is 0.459 e. The van der Waals surface area contributed by atoms with Gasteiger partial charge in [-0.2, -0.15) is 0 Å². The van der Waals surface area contributed by atoms with Gasteiger partial charge >= 0.3 is 0 Å². The molecule has 3 N–H and O–H groups in total. The molecule has 11 heterocycles. The number of hydrogen-bond donors (Lipinski definition) is 3. The molecule has 7 aromatic carbocycles. The first-order valence-corrected chi connectivity index (χ1v) is 48.6. The Morgan fingerprint density at radius 1 is 0.296 bits per heavy atom. The molecule has 7 aromatic heterocycles. The highest BCUT2D eigenvalue weighted by Gasteiger charge is 2.36. The highest BCUT2D eigenvalue weighted by molar-refractivity contribution is 7.93. The molecule has 38 heteroatoms. The SMILES string of the molecule is C.C.C.C.Cc1ccc(S(=O)(=O)Nc2c(N3CCN(C(=O)c4ccco4)CC3)c3ccccc3n(C)c2=O)cc1.Cn1c(=O)c(NS(=O)(=O)c2ccccc2)c(N2CCN(C(=O)c3ccco3)CC2)c2ccccc21.Cn1c(=O)c(NS(C)(=O)=O)c(N2CCN(C(=O)c3ccccc3)CC2)c2ccccc21.Cn1c(=O)c(S(C)(=O)=O)c(N2CCN(C(=O)c3ccco3)CC2)c2ccccc21. The van der Waals surface area contributed by atoms with Gasteiger partial charge in [0.2, 0.25) is 10.0 Å². The maximum Gasteiger partial charge on any atom is 0.289 e. The summed E-state index contributed by atoms with van der Waals surface area (Å²) < 4.78 is 131. The number of furan rings is 3. The summed E-state index contributed by atoms with van der Waals surface area (Å²) >= 11 is 0. The van der Waals surface area contributed by atoms with Gasteiger partial charge in [0, 0.05) is 166 Å². The van der Waals surface area contributed by atoms with Crippen molar-refractivity contribution >= 4 is 147 Å². The number of amides is 4. The lowest BCUT2D eigenvalue weighted by Crippen LogP contribution is -2.49. The summed E-state index contributed by atoms with van der Waals surface area (Å²) in [5, 5.41) is 2.96. The summed E-state index contributed by atoms with van der Waals surface area (Å²) in [5.74, 6) is 0.176. The Bertz CT molecular complexity index is 7420. The van der Waals surface area contributed by atoms with Gasteiger partial charge in [-0.25, -0.2) is 33.7 Å². The number of carbonyl (C=O) groups excluding carboxylic acids is 4. The smallest absolute Gasteiger partial charge is 0.289 e. The van der Waals surface area contributed by atoms with E-state index in [9.17, 15) is 72.0 Å². The van der Waals surface area contributed by atoms with Crippen LogP contribution in [0.3, 0.4) is 0 Å². The first-order chi connectivity index (χ1) is 62.7. The number of aromatic nitrogens is 4. The third kappa shape index (κ3) is 21.4. The standard InChI is InChI=1S/C26H26N4O5S.C25H24N4O5S.C22H24N4O4S.C20H21N3O5S.4CH4/c1-18-9-11-19(12-10-18)36(33,34)27-23-24(20-6-3-4-7-21(20)28(2)26(23)32)29-13-15-30(16-14-29)25(31)22-8-5-17-35-22;1-27-20-11-6-5-10-19(20)23(22(25(27)31)26-35(32,33)18-8-3-2-4-9-18)28-13-15-29(16-14-28)24(30)21-12-7-17-34-21;1-24-18-11-7-6-10-17(18)20(19(22(24)28)23-31(2,29)30)25-12-14-26(15-13-25)21(27)16-8-4-3-5-9-16;1-21-15-7-4-3-6-14(15)17(18(20(21)25)29(2,26)27)22-9-11-23(12-10-22)19(24)16-8-5-13-28-16;;;;/h3-12,17,27H,13-16H2,1-2H3;2-12,17,26H,13-16H2,1H3;3-11,23H,12-15H2,1-2H3;3-8,13H,9-12H2,1-2H3;4*1H4. The van der Waals surface area contributed by atoms with Crippen molar-refractivity contribution < 1.29 is 66.1 Å². The molecule has 135 heavy (non-hydrogen) atoms. The Hall–Kier alpha value is -14.5. The minimum atomic E-state index is -4.02. The molecule has 18 rings (SSSR count). The lowest BCUT2D eigenvalue weighted by atomic mass is 10.1. The van der Waals surface area contributed by atoms with E-state index in [-0.39, 0.29) is 102 Å². The molecule has 712 valence electrons. The fraction of sp³-hybridized carbons (Fsp3) is 0.278. The van der Waals surface area contributed by atoms with Crippen LogP contribution in [0.25, 0.3) is 43.6 Å². The number of nitrogens with zero attached hydrogens (tertiary/aromatic N) is 12. The molecule has 0 bridgehead atoms. The van der Waals surface area contributed by atoms with Crippen LogP contribution in [0.1, 0.15) is 77.3 Å². The molecule has 4 aliphatic heterocycles. The average molecular weight is 1920 g/mol. The Morgan fingerprint density at radius 3 is 0.867 bits per heavy atom. The number of aryl methyl sites for hydroxylation is 5. The lowest BCUT2D eigenvalue weighted by Gasteiger charge is -2.37. The number of pyridine rings is 4. The fourth-order valence-electron chi connectivity index (χ4n) is 16.7. The van der Waals surface area contributed by atoms with Gasteiger partial charge in [-0.05, 0) is 104 Å². The molecular formula is C97H111N15O19S4. The van der Waals surface area contributed by atoms with Crippen molar-refractivity contribution in [1.82, 2.24) is 37.9 Å². The summed E-state index contributed by atoms with van der Waals surface area (Å²) in [6.45, 7) is 8.64. The molecule has 4 aliphatic rings. The lowest BCUT2D eigenvalue weighted by molar-refractivity contribution is 0.0708. The van der Waals surface area contributed by atoms with Gasteiger partial charge in [-0.15, -0.1) is 0 Å². The van der Waals surface area contributed by atoms with Gasteiger partial charge in [0.15, 0.2) is 32.0 Å². The van der Waals surface area contributed by atoms with E-state index in [2.05, 4.69) is 14.2 Å². The molecular weight excluding hydrogens is 1810 g/mol. The number of anilines is 7. The molecule has 14 aromatic rings. The zero-order valence-electron chi connectivity index (χ0n) is 72.6. The zero-order chi connectivity index (χ0) is 93.0. The first kappa shape index (κ1) is 101. The van der Waals surface area contributed by atoms with E-state index in [1.165, 1.54) is 61.3 Å². The van der Waals surface area contributed by atoms with Crippen LogP contribution in [0.4, 0.5) is 39.8 Å². The van der Waals surface area contributed by atoms with Crippen molar-refractivity contribution in [3.05, 3.63) is 307 Å². The van der Waals surface area contributed by atoms with Gasteiger partial charge in [0.05, 0.1) is 79.7 Å². The van der Waals surface area contributed by atoms with Crippen LogP contribution >= 0.6 is 0 Å². The van der Waals surface area contributed by atoms with E-state index in [4.69, 9.17) is 13.3 Å². The minimum Gasteiger partial charge on any atom is -0.459 e. The van der Waals surface area contributed by atoms with Crippen molar-refractivity contribution in [2.24, 2.45) is 28.2 Å². The molecule has 0 atom stereocenters. The number of para-hydroxylation sites is 4. The molecule has 0 unspecified atom stereocenters. The number of rotatable bonds is 17. The second-order valence-corrected chi connectivity index (χ2v) is 38.8. The van der Waals surface area contributed by atoms with Crippen molar-refractivity contribution in [3.8, 4) is 0 Å². The van der Waals surface area contributed by atoms with Gasteiger partial charge in [0.25, 0.3) is 65.9 Å².